The Morgan fingerprint density at radius 1 is 0.968 bits per heavy atom. The predicted octanol–water partition coefficient (Wildman–Crippen LogP) is 3.46. The Balaban J connectivity index is 1.46. The van der Waals surface area contributed by atoms with E-state index in [-0.39, 0.29) is 0 Å². The first-order valence-electron chi connectivity index (χ1n) is 9.57. The highest BCUT2D eigenvalue weighted by Gasteiger charge is 2.10. The maximum atomic E-state index is 11.4. The monoisotopic (exact) mass is 430 g/mol. The van der Waals surface area contributed by atoms with E-state index >= 15 is 0 Å². The predicted molar refractivity (Wildman–Crippen MR) is 120 cm³/mol. The van der Waals surface area contributed by atoms with Crippen molar-refractivity contribution in [2.24, 2.45) is 0 Å². The number of nitrogens with zero attached hydrogens (tertiary/aromatic N) is 5. The normalized spacial score (nSPS) is 11.8. The van der Waals surface area contributed by atoms with Crippen LogP contribution in [0.5, 0.6) is 0 Å². The van der Waals surface area contributed by atoms with E-state index in [0.717, 1.165) is 34.0 Å². The topological polar surface area (TPSA) is 103 Å². The molecular weight excluding hydrogens is 412 g/mol. The van der Waals surface area contributed by atoms with Crippen LogP contribution in [-0.2, 0) is 16.6 Å². The van der Waals surface area contributed by atoms with Crippen molar-refractivity contribution in [3.63, 3.8) is 0 Å². The maximum absolute atomic E-state index is 11.4. The molecule has 0 radical (unpaired) electrons. The standard InChI is InChI=1S/C22H18N6O2S/c1-31(29,30)26-18-8-6-17(7-9-18)19-10-11-20-22(24-19)28(27-25-20)14-15-4-5-16-3-2-12-23-21(16)13-15/h2-13,26H,14H2,1H3. The molecule has 0 saturated heterocycles. The molecule has 0 fully saturated rings. The van der Waals surface area contributed by atoms with Crippen LogP contribution in [0.4, 0.5) is 5.69 Å². The van der Waals surface area contributed by atoms with Crippen molar-refractivity contribution >= 4 is 37.8 Å². The van der Waals surface area contributed by atoms with Gasteiger partial charge in [0.15, 0.2) is 5.65 Å². The second-order valence-corrected chi connectivity index (χ2v) is 9.02. The smallest absolute Gasteiger partial charge is 0.229 e. The number of aromatic nitrogens is 5. The Morgan fingerprint density at radius 2 is 1.81 bits per heavy atom. The van der Waals surface area contributed by atoms with Crippen LogP contribution in [0, 0.1) is 0 Å². The summed E-state index contributed by atoms with van der Waals surface area (Å²) in [5, 5.41) is 9.58. The van der Waals surface area contributed by atoms with Crippen molar-refractivity contribution in [2.75, 3.05) is 11.0 Å². The van der Waals surface area contributed by atoms with E-state index in [1.54, 1.807) is 23.0 Å². The molecule has 154 valence electrons. The summed E-state index contributed by atoms with van der Waals surface area (Å²) in [5.41, 5.74) is 5.49. The summed E-state index contributed by atoms with van der Waals surface area (Å²) < 4.78 is 27.0. The van der Waals surface area contributed by atoms with E-state index in [2.05, 4.69) is 26.1 Å². The minimum atomic E-state index is -3.32. The first-order chi connectivity index (χ1) is 14.9. The zero-order valence-corrected chi connectivity index (χ0v) is 17.4. The van der Waals surface area contributed by atoms with Crippen molar-refractivity contribution in [1.29, 1.82) is 0 Å². The van der Waals surface area contributed by atoms with Gasteiger partial charge in [0.2, 0.25) is 10.0 Å². The van der Waals surface area contributed by atoms with Crippen LogP contribution >= 0.6 is 0 Å². The Labute approximate surface area is 178 Å². The molecule has 3 heterocycles. The molecule has 0 bridgehead atoms. The van der Waals surface area contributed by atoms with Gasteiger partial charge < -0.3 is 0 Å². The van der Waals surface area contributed by atoms with Crippen molar-refractivity contribution in [3.8, 4) is 11.3 Å². The summed E-state index contributed by atoms with van der Waals surface area (Å²) >= 11 is 0. The highest BCUT2D eigenvalue weighted by atomic mass is 32.2. The Kier molecular flexibility index (Phi) is 4.59. The molecule has 0 spiro atoms. The number of benzene rings is 2. The molecule has 0 aliphatic carbocycles. The molecule has 0 aliphatic rings. The van der Waals surface area contributed by atoms with Crippen LogP contribution in [0.2, 0.25) is 0 Å². The fourth-order valence-electron chi connectivity index (χ4n) is 3.43. The van der Waals surface area contributed by atoms with Gasteiger partial charge in [0, 0.05) is 22.8 Å². The lowest BCUT2D eigenvalue weighted by molar-refractivity contribution is 0.607. The highest BCUT2D eigenvalue weighted by molar-refractivity contribution is 7.92. The molecule has 2 aromatic carbocycles. The molecule has 0 saturated carbocycles. The molecule has 9 heteroatoms. The summed E-state index contributed by atoms with van der Waals surface area (Å²) in [5.74, 6) is 0. The van der Waals surface area contributed by atoms with Crippen LogP contribution in [0.3, 0.4) is 0 Å². The first-order valence-corrected chi connectivity index (χ1v) is 11.5. The van der Waals surface area contributed by atoms with E-state index in [1.165, 1.54) is 0 Å². The molecule has 5 rings (SSSR count). The molecule has 0 aliphatic heterocycles. The van der Waals surface area contributed by atoms with Gasteiger partial charge in [0.1, 0.15) is 5.52 Å². The third-order valence-electron chi connectivity index (χ3n) is 4.85. The Morgan fingerprint density at radius 3 is 2.61 bits per heavy atom. The lowest BCUT2D eigenvalue weighted by atomic mass is 10.1. The number of anilines is 1. The van der Waals surface area contributed by atoms with Gasteiger partial charge in [-0.1, -0.05) is 35.5 Å². The van der Waals surface area contributed by atoms with Crippen LogP contribution in [-0.4, -0.2) is 39.6 Å². The minimum absolute atomic E-state index is 0.504. The fourth-order valence-corrected chi connectivity index (χ4v) is 3.99. The van der Waals surface area contributed by atoms with E-state index < -0.39 is 10.0 Å². The zero-order chi connectivity index (χ0) is 21.4. The fraction of sp³-hybridized carbons (Fsp3) is 0.0909. The summed E-state index contributed by atoms with van der Waals surface area (Å²) in [6.07, 6.45) is 2.90. The van der Waals surface area contributed by atoms with Gasteiger partial charge in [0.25, 0.3) is 0 Å². The minimum Gasteiger partial charge on any atom is -0.284 e. The lowest BCUT2D eigenvalue weighted by Crippen LogP contribution is -2.09. The van der Waals surface area contributed by atoms with Crippen molar-refractivity contribution < 1.29 is 8.42 Å². The Hall–Kier alpha value is -3.85. The SMILES string of the molecule is CS(=O)(=O)Nc1ccc(-c2ccc3nnn(Cc4ccc5cccnc5c4)c3n2)cc1. The van der Waals surface area contributed by atoms with Gasteiger partial charge in [-0.25, -0.2) is 18.1 Å². The molecule has 0 atom stereocenters. The van der Waals surface area contributed by atoms with E-state index in [4.69, 9.17) is 4.98 Å². The molecule has 5 aromatic rings. The largest absolute Gasteiger partial charge is 0.284 e. The van der Waals surface area contributed by atoms with Crippen molar-refractivity contribution in [2.45, 2.75) is 6.54 Å². The summed E-state index contributed by atoms with van der Waals surface area (Å²) in [7, 11) is -3.32. The number of pyridine rings is 2. The molecular formula is C22H18N6O2S. The average molecular weight is 430 g/mol. The van der Waals surface area contributed by atoms with Crippen LogP contribution in [0.15, 0.2) is 72.9 Å². The number of nitrogens with one attached hydrogen (secondary N) is 1. The summed E-state index contributed by atoms with van der Waals surface area (Å²) in [6, 6.07) is 20.9. The number of hydrogen-bond acceptors (Lipinski definition) is 6. The first kappa shape index (κ1) is 19.1. The zero-order valence-electron chi connectivity index (χ0n) is 16.6. The van der Waals surface area contributed by atoms with Crippen LogP contribution in [0.25, 0.3) is 33.3 Å². The third-order valence-corrected chi connectivity index (χ3v) is 5.45. The highest BCUT2D eigenvalue weighted by Crippen LogP contribution is 2.23. The molecule has 1 N–H and O–H groups in total. The van der Waals surface area contributed by atoms with Crippen molar-refractivity contribution in [1.82, 2.24) is 25.0 Å². The summed E-state index contributed by atoms with van der Waals surface area (Å²) in [6.45, 7) is 0.524. The second kappa shape index (κ2) is 7.44. The molecule has 0 unspecified atom stereocenters. The van der Waals surface area contributed by atoms with Crippen molar-refractivity contribution in [3.05, 3.63) is 78.5 Å². The quantitative estimate of drug-likeness (QED) is 0.458. The lowest BCUT2D eigenvalue weighted by Gasteiger charge is -2.07. The van der Waals surface area contributed by atoms with Gasteiger partial charge in [-0.05, 0) is 42.0 Å². The molecule has 0 amide bonds. The number of rotatable bonds is 5. The van der Waals surface area contributed by atoms with Crippen LogP contribution < -0.4 is 4.72 Å². The second-order valence-electron chi connectivity index (χ2n) is 7.27. The molecule has 8 nitrogen and oxygen atoms in total. The number of fused-ring (bicyclic) bond motifs is 2. The van der Waals surface area contributed by atoms with E-state index in [9.17, 15) is 8.42 Å². The molecule has 31 heavy (non-hydrogen) atoms. The van der Waals surface area contributed by atoms with Gasteiger partial charge >= 0.3 is 0 Å². The number of hydrogen-bond donors (Lipinski definition) is 1. The average Bonchev–Trinajstić information content (AvgIpc) is 3.15. The van der Waals surface area contributed by atoms with Gasteiger partial charge in [-0.15, -0.1) is 5.10 Å². The van der Waals surface area contributed by atoms with E-state index in [0.29, 0.717) is 23.4 Å². The van der Waals surface area contributed by atoms with Crippen LogP contribution in [0.1, 0.15) is 5.56 Å². The number of sulfonamides is 1. The maximum Gasteiger partial charge on any atom is 0.229 e. The van der Waals surface area contributed by atoms with E-state index in [1.807, 2.05) is 48.5 Å². The third kappa shape index (κ3) is 4.08. The van der Waals surface area contributed by atoms with Gasteiger partial charge in [-0.3, -0.25) is 9.71 Å². The summed E-state index contributed by atoms with van der Waals surface area (Å²) in [4.78, 5) is 9.16. The molecule has 3 aromatic heterocycles. The Bertz CT molecular complexity index is 1510. The van der Waals surface area contributed by atoms with Gasteiger partial charge in [0.05, 0.1) is 24.0 Å². The van der Waals surface area contributed by atoms with Gasteiger partial charge in [-0.2, -0.15) is 0 Å².